The second-order valence-corrected chi connectivity index (χ2v) is 4.88. The van der Waals surface area contributed by atoms with Gasteiger partial charge in [0.15, 0.2) is 0 Å². The summed E-state index contributed by atoms with van der Waals surface area (Å²) in [7, 11) is 0. The lowest BCUT2D eigenvalue weighted by Gasteiger charge is -2.03. The van der Waals surface area contributed by atoms with Gasteiger partial charge in [0, 0.05) is 16.1 Å². The van der Waals surface area contributed by atoms with Crippen molar-refractivity contribution in [3.8, 4) is 5.75 Å². The number of hydrazone groups is 1. The fourth-order valence-electron chi connectivity index (χ4n) is 1.54. The van der Waals surface area contributed by atoms with Crippen LogP contribution in [-0.4, -0.2) is 17.2 Å². The molecule has 2 aromatic rings. The van der Waals surface area contributed by atoms with Crippen molar-refractivity contribution >= 4 is 35.3 Å². The van der Waals surface area contributed by atoms with E-state index in [1.165, 1.54) is 36.5 Å². The first kappa shape index (κ1) is 15.3. The van der Waals surface area contributed by atoms with Crippen molar-refractivity contribution in [3.05, 3.63) is 63.4 Å². The van der Waals surface area contributed by atoms with Crippen LogP contribution in [0.2, 0.25) is 10.0 Å². The van der Waals surface area contributed by atoms with Crippen molar-refractivity contribution < 1.29 is 14.3 Å². The molecular formula is C14H9Cl2FN2O2. The summed E-state index contributed by atoms with van der Waals surface area (Å²) in [6, 6.07) is 7.98. The third-order valence-electron chi connectivity index (χ3n) is 2.51. The summed E-state index contributed by atoms with van der Waals surface area (Å²) < 4.78 is 13.0. The summed E-state index contributed by atoms with van der Waals surface area (Å²) in [6.07, 6.45) is 1.18. The number of aromatic hydroxyl groups is 1. The maximum absolute atomic E-state index is 13.0. The molecule has 0 unspecified atom stereocenters. The first-order valence-corrected chi connectivity index (χ1v) is 6.50. The van der Waals surface area contributed by atoms with E-state index in [0.29, 0.717) is 5.02 Å². The lowest BCUT2D eigenvalue weighted by Crippen LogP contribution is -2.17. The van der Waals surface area contributed by atoms with Crippen LogP contribution < -0.4 is 5.43 Å². The Bertz CT molecular complexity index is 720. The molecule has 0 fully saturated rings. The van der Waals surface area contributed by atoms with Crippen molar-refractivity contribution in [1.29, 1.82) is 0 Å². The average Bonchev–Trinajstić information content (AvgIpc) is 2.43. The van der Waals surface area contributed by atoms with Crippen LogP contribution in [0, 0.1) is 5.82 Å². The minimum absolute atomic E-state index is 0.0698. The number of carbonyl (C=O) groups excluding carboxylic acids is 1. The Kier molecular flexibility index (Phi) is 4.77. The van der Waals surface area contributed by atoms with Gasteiger partial charge in [-0.1, -0.05) is 29.3 Å². The quantitative estimate of drug-likeness (QED) is 0.668. The van der Waals surface area contributed by atoms with E-state index >= 15 is 0 Å². The summed E-state index contributed by atoms with van der Waals surface area (Å²) >= 11 is 11.5. The van der Waals surface area contributed by atoms with Gasteiger partial charge in [-0.25, -0.2) is 9.82 Å². The second kappa shape index (κ2) is 6.56. The van der Waals surface area contributed by atoms with Gasteiger partial charge in [0.1, 0.15) is 11.6 Å². The predicted molar refractivity (Wildman–Crippen MR) is 79.6 cm³/mol. The number of benzene rings is 2. The van der Waals surface area contributed by atoms with Crippen LogP contribution in [0.4, 0.5) is 4.39 Å². The molecule has 0 aliphatic rings. The number of halogens is 3. The van der Waals surface area contributed by atoms with Gasteiger partial charge in [-0.15, -0.1) is 0 Å². The van der Waals surface area contributed by atoms with Crippen molar-refractivity contribution in [2.45, 2.75) is 0 Å². The van der Waals surface area contributed by atoms with Crippen LogP contribution >= 0.6 is 23.2 Å². The number of phenols is 1. The molecule has 108 valence electrons. The molecule has 7 heteroatoms. The lowest BCUT2D eigenvalue weighted by atomic mass is 10.2. The maximum atomic E-state index is 13.0. The predicted octanol–water partition coefficient (Wildman–Crippen LogP) is 3.60. The summed E-state index contributed by atoms with van der Waals surface area (Å²) in [4.78, 5) is 11.7. The highest BCUT2D eigenvalue weighted by atomic mass is 35.5. The van der Waals surface area contributed by atoms with Gasteiger partial charge in [-0.05, 0) is 30.3 Å². The Morgan fingerprint density at radius 2 is 2.05 bits per heavy atom. The molecule has 0 aromatic heterocycles. The average molecular weight is 327 g/mol. The van der Waals surface area contributed by atoms with Gasteiger partial charge < -0.3 is 5.11 Å². The molecule has 0 aliphatic carbocycles. The van der Waals surface area contributed by atoms with Crippen molar-refractivity contribution in [1.82, 2.24) is 5.43 Å². The fourth-order valence-corrected chi connectivity index (χ4v) is 2.05. The molecule has 2 aromatic carbocycles. The van der Waals surface area contributed by atoms with E-state index in [1.54, 1.807) is 0 Å². The van der Waals surface area contributed by atoms with Gasteiger partial charge in [0.25, 0.3) is 5.91 Å². The van der Waals surface area contributed by atoms with Gasteiger partial charge in [-0.2, -0.15) is 5.10 Å². The maximum Gasteiger partial charge on any atom is 0.271 e. The van der Waals surface area contributed by atoms with Crippen LogP contribution in [0.3, 0.4) is 0 Å². The lowest BCUT2D eigenvalue weighted by molar-refractivity contribution is 0.0954. The minimum atomic E-state index is -0.585. The summed E-state index contributed by atoms with van der Waals surface area (Å²) in [5, 5.41) is 13.7. The topological polar surface area (TPSA) is 61.7 Å². The van der Waals surface area contributed by atoms with Crippen LogP contribution in [0.1, 0.15) is 15.9 Å². The number of hydrogen-bond donors (Lipinski definition) is 2. The molecule has 0 saturated heterocycles. The first-order chi connectivity index (χ1) is 9.97. The van der Waals surface area contributed by atoms with Crippen molar-refractivity contribution in [2.24, 2.45) is 5.10 Å². The number of hydrogen-bond acceptors (Lipinski definition) is 3. The van der Waals surface area contributed by atoms with E-state index in [1.807, 2.05) is 0 Å². The SMILES string of the molecule is O=C(N/N=C\c1cc(Cl)cc(Cl)c1O)c1cccc(F)c1. The molecule has 21 heavy (non-hydrogen) atoms. The first-order valence-electron chi connectivity index (χ1n) is 5.74. The molecule has 0 spiro atoms. The molecule has 0 bridgehead atoms. The normalized spacial score (nSPS) is 10.8. The highest BCUT2D eigenvalue weighted by Gasteiger charge is 2.07. The zero-order valence-corrected chi connectivity index (χ0v) is 12.0. The molecule has 0 saturated carbocycles. The third-order valence-corrected chi connectivity index (χ3v) is 3.02. The molecule has 2 rings (SSSR count). The summed E-state index contributed by atoms with van der Waals surface area (Å²) in [5.74, 6) is -1.31. The number of amides is 1. The standard InChI is InChI=1S/C14H9Cl2FN2O2/c15-10-4-9(13(20)12(16)6-10)7-18-19-14(21)8-2-1-3-11(17)5-8/h1-7,20H,(H,19,21)/b18-7-. The zero-order chi connectivity index (χ0) is 15.4. The zero-order valence-electron chi connectivity index (χ0n) is 10.5. The van der Waals surface area contributed by atoms with E-state index in [0.717, 1.165) is 6.07 Å². The minimum Gasteiger partial charge on any atom is -0.506 e. The van der Waals surface area contributed by atoms with Crippen LogP contribution in [-0.2, 0) is 0 Å². The Morgan fingerprint density at radius 1 is 1.29 bits per heavy atom. The van der Waals surface area contributed by atoms with Crippen molar-refractivity contribution in [3.63, 3.8) is 0 Å². The molecule has 0 aliphatic heterocycles. The fraction of sp³-hybridized carbons (Fsp3) is 0. The molecule has 0 radical (unpaired) electrons. The summed E-state index contributed by atoms with van der Waals surface area (Å²) in [6.45, 7) is 0. The number of rotatable bonds is 3. The van der Waals surface area contributed by atoms with Gasteiger partial charge in [-0.3, -0.25) is 4.79 Å². The van der Waals surface area contributed by atoms with Crippen LogP contribution in [0.5, 0.6) is 5.75 Å². The molecule has 2 N–H and O–H groups in total. The highest BCUT2D eigenvalue weighted by Crippen LogP contribution is 2.29. The molecular weight excluding hydrogens is 318 g/mol. The van der Waals surface area contributed by atoms with E-state index in [2.05, 4.69) is 10.5 Å². The number of nitrogens with one attached hydrogen (secondary N) is 1. The molecule has 0 heterocycles. The van der Waals surface area contributed by atoms with Gasteiger partial charge in [0.2, 0.25) is 0 Å². The Balaban J connectivity index is 2.11. The number of carbonyl (C=O) groups is 1. The van der Waals surface area contributed by atoms with E-state index in [-0.39, 0.29) is 21.9 Å². The third kappa shape index (κ3) is 3.93. The van der Waals surface area contributed by atoms with E-state index in [4.69, 9.17) is 23.2 Å². The molecule has 0 atom stereocenters. The Labute approximate surface area is 129 Å². The number of phenolic OH excluding ortho intramolecular Hbond substituents is 1. The van der Waals surface area contributed by atoms with Crippen molar-refractivity contribution in [2.75, 3.05) is 0 Å². The molecule has 4 nitrogen and oxygen atoms in total. The Hall–Kier alpha value is -2.11. The van der Waals surface area contributed by atoms with E-state index in [9.17, 15) is 14.3 Å². The second-order valence-electron chi connectivity index (χ2n) is 4.03. The van der Waals surface area contributed by atoms with Crippen LogP contribution in [0.15, 0.2) is 41.5 Å². The van der Waals surface area contributed by atoms with Crippen LogP contribution in [0.25, 0.3) is 0 Å². The monoisotopic (exact) mass is 326 g/mol. The van der Waals surface area contributed by atoms with Gasteiger partial charge in [0.05, 0.1) is 11.2 Å². The largest absolute Gasteiger partial charge is 0.506 e. The summed E-state index contributed by atoms with van der Waals surface area (Å²) in [5.41, 5.74) is 2.58. The van der Waals surface area contributed by atoms with Gasteiger partial charge >= 0.3 is 0 Å². The Morgan fingerprint density at radius 3 is 2.76 bits per heavy atom. The smallest absolute Gasteiger partial charge is 0.271 e. The highest BCUT2D eigenvalue weighted by molar-refractivity contribution is 6.36. The molecule has 1 amide bonds. The number of nitrogens with zero attached hydrogens (tertiary/aromatic N) is 1. The van der Waals surface area contributed by atoms with E-state index < -0.39 is 11.7 Å².